The first kappa shape index (κ1) is 21.9. The number of hydrogen-bond donors (Lipinski definition) is 3. The molecule has 0 heterocycles. The number of ether oxygens (including phenoxy) is 2. The van der Waals surface area contributed by atoms with Crippen LogP contribution in [0.3, 0.4) is 0 Å². The van der Waals surface area contributed by atoms with E-state index in [1.807, 2.05) is 0 Å². The average Bonchev–Trinajstić information content (AvgIpc) is 2.53. The number of halogens is 3. The largest absolute Gasteiger partial charge is 0.504 e. The molecule has 0 saturated heterocycles. The van der Waals surface area contributed by atoms with Crippen LogP contribution in [-0.4, -0.2) is 50.7 Å². The Bertz CT molecular complexity index is 707. The third-order valence-corrected chi connectivity index (χ3v) is 3.24. The van der Waals surface area contributed by atoms with Crippen LogP contribution in [0.25, 0.3) is 0 Å². The minimum atomic E-state index is -1.86. The Kier molecular flexibility index (Phi) is 7.54. The number of methoxy groups -OCH3 is 1. The highest BCUT2D eigenvalue weighted by Crippen LogP contribution is 2.36. The number of rotatable bonds is 6. The number of esters is 1. The second-order valence-electron chi connectivity index (χ2n) is 4.86. The molecule has 0 fully saturated rings. The molecule has 144 valence electrons. The topological polar surface area (TPSA) is 148 Å². The van der Waals surface area contributed by atoms with E-state index in [1.165, 1.54) is 0 Å². The quantitative estimate of drug-likeness (QED) is 0.204. The lowest BCUT2D eigenvalue weighted by Crippen LogP contribution is -2.43. The molecule has 0 aliphatic heterocycles. The number of hydrogen-bond acceptors (Lipinski definition) is 8. The summed E-state index contributed by atoms with van der Waals surface area (Å²) in [6.45, 7) is -0.594. The van der Waals surface area contributed by atoms with Gasteiger partial charge in [0, 0.05) is 12.5 Å². The van der Waals surface area contributed by atoms with Crippen LogP contribution in [0, 0.1) is 10.1 Å². The molecule has 1 atom stereocenters. The molecular weight excluding hydrogens is 419 g/mol. The molecule has 1 amide bonds. The van der Waals surface area contributed by atoms with Crippen molar-refractivity contribution in [3.8, 4) is 11.5 Å². The lowest BCUT2D eigenvalue weighted by molar-refractivity contribution is -0.386. The van der Waals surface area contributed by atoms with Gasteiger partial charge in [0.1, 0.15) is 12.6 Å². The molecule has 1 aromatic carbocycles. The van der Waals surface area contributed by atoms with Gasteiger partial charge in [-0.25, -0.2) is 9.59 Å². The van der Waals surface area contributed by atoms with Crippen LogP contribution in [0.5, 0.6) is 11.5 Å². The molecule has 0 radical (unpaired) electrons. The Morgan fingerprint density at radius 1 is 1.35 bits per heavy atom. The number of carbonyl (C=O) groups is 2. The number of benzene rings is 1. The Labute approximate surface area is 161 Å². The summed E-state index contributed by atoms with van der Waals surface area (Å²) in [5.74, 6) is -2.59. The fourth-order valence-electron chi connectivity index (χ4n) is 1.82. The monoisotopic (exact) mass is 430 g/mol. The normalized spacial score (nSPS) is 12.2. The number of carbonyl (C=O) groups excluding carboxylic acids is 2. The minimum Gasteiger partial charge on any atom is -0.504 e. The van der Waals surface area contributed by atoms with Crippen LogP contribution in [0.4, 0.5) is 10.5 Å². The van der Waals surface area contributed by atoms with Gasteiger partial charge in [-0.15, -0.1) is 0 Å². The van der Waals surface area contributed by atoms with Gasteiger partial charge in [-0.2, -0.15) is 0 Å². The molecule has 0 aliphatic rings. The highest BCUT2D eigenvalue weighted by Gasteiger charge is 2.27. The number of phenolic OH excluding ortho intramolecular Hbond substituents is 2. The zero-order valence-electron chi connectivity index (χ0n) is 13.1. The second kappa shape index (κ2) is 8.97. The summed E-state index contributed by atoms with van der Waals surface area (Å²) in [4.78, 5) is 33.5. The van der Waals surface area contributed by atoms with E-state index in [0.29, 0.717) is 0 Å². The molecule has 0 bridgehead atoms. The molecular formula is C13H13Cl3N2O8. The Hall–Kier alpha value is -2.17. The predicted molar refractivity (Wildman–Crippen MR) is 90.7 cm³/mol. The van der Waals surface area contributed by atoms with Gasteiger partial charge in [-0.3, -0.25) is 10.1 Å². The van der Waals surface area contributed by atoms with E-state index in [1.54, 1.807) is 0 Å². The summed E-state index contributed by atoms with van der Waals surface area (Å²) in [6, 6.07) is 0.595. The Morgan fingerprint density at radius 3 is 2.46 bits per heavy atom. The molecule has 3 N–H and O–H groups in total. The number of amides is 1. The minimum absolute atomic E-state index is 0.0593. The first-order chi connectivity index (χ1) is 11.9. The van der Waals surface area contributed by atoms with Crippen LogP contribution in [-0.2, 0) is 20.7 Å². The maximum Gasteiger partial charge on any atom is 0.408 e. The van der Waals surface area contributed by atoms with E-state index in [2.05, 4.69) is 14.8 Å². The van der Waals surface area contributed by atoms with Gasteiger partial charge in [0.25, 0.3) is 0 Å². The number of aromatic hydroxyl groups is 2. The van der Waals surface area contributed by atoms with Crippen molar-refractivity contribution in [3.05, 3.63) is 27.8 Å². The summed E-state index contributed by atoms with van der Waals surface area (Å²) in [5, 5.41) is 32.1. The molecule has 10 nitrogen and oxygen atoms in total. The lowest BCUT2D eigenvalue weighted by atomic mass is 10.0. The SMILES string of the molecule is COC(=O)[C@H](Cc1cc(O)c(O)c([N+](=O)[O-])c1)NC(=O)OCC(Cl)(Cl)Cl. The fourth-order valence-corrected chi connectivity index (χ4v) is 1.98. The van der Waals surface area contributed by atoms with Crippen LogP contribution in [0.2, 0.25) is 0 Å². The number of nitrogens with zero attached hydrogens (tertiary/aromatic N) is 1. The van der Waals surface area contributed by atoms with E-state index in [0.717, 1.165) is 19.2 Å². The Balaban J connectivity index is 2.97. The van der Waals surface area contributed by atoms with Gasteiger partial charge >= 0.3 is 17.7 Å². The number of alkyl halides is 3. The summed E-state index contributed by atoms with van der Waals surface area (Å²) < 4.78 is 7.29. The highest BCUT2D eigenvalue weighted by atomic mass is 35.6. The van der Waals surface area contributed by atoms with Gasteiger partial charge in [0.15, 0.2) is 5.75 Å². The number of phenols is 2. The summed E-state index contributed by atoms with van der Waals surface area (Å²) >= 11 is 16.3. The molecule has 26 heavy (non-hydrogen) atoms. The molecule has 0 aliphatic carbocycles. The van der Waals surface area contributed by atoms with Crippen LogP contribution < -0.4 is 5.32 Å². The lowest BCUT2D eigenvalue weighted by Gasteiger charge is -2.18. The second-order valence-corrected chi connectivity index (χ2v) is 7.37. The first-order valence-electron chi connectivity index (χ1n) is 6.71. The van der Waals surface area contributed by atoms with Gasteiger partial charge < -0.3 is 25.0 Å². The molecule has 0 aromatic heterocycles. The number of nitro groups is 1. The molecule has 0 unspecified atom stereocenters. The van der Waals surface area contributed by atoms with E-state index < -0.39 is 50.6 Å². The third kappa shape index (κ3) is 6.62. The zero-order valence-corrected chi connectivity index (χ0v) is 15.3. The van der Waals surface area contributed by atoms with Gasteiger partial charge in [-0.05, 0) is 11.6 Å². The van der Waals surface area contributed by atoms with Crippen molar-refractivity contribution in [1.29, 1.82) is 0 Å². The summed E-state index contributed by atoms with van der Waals surface area (Å²) in [5.41, 5.74) is -0.716. The number of nitro benzene ring substituents is 1. The molecule has 1 aromatic rings. The van der Waals surface area contributed by atoms with Crippen molar-refractivity contribution >= 4 is 52.6 Å². The van der Waals surface area contributed by atoms with Crippen LogP contribution in [0.15, 0.2) is 12.1 Å². The number of nitrogens with one attached hydrogen (secondary N) is 1. The first-order valence-corrected chi connectivity index (χ1v) is 7.85. The highest BCUT2D eigenvalue weighted by molar-refractivity contribution is 6.67. The maximum absolute atomic E-state index is 11.8. The molecule has 1 rings (SSSR count). The smallest absolute Gasteiger partial charge is 0.408 e. The standard InChI is InChI=1S/C13H13Cl3N2O8/c1-25-11(21)7(17-12(22)26-5-13(14,15)16)2-6-3-8(18(23)24)10(20)9(19)4-6/h3-4,7,19-20H,2,5H2,1H3,(H,17,22)/t7-/m0/s1. The van der Waals surface area contributed by atoms with Crippen molar-refractivity contribution in [3.63, 3.8) is 0 Å². The van der Waals surface area contributed by atoms with Crippen molar-refractivity contribution in [2.24, 2.45) is 0 Å². The molecule has 0 saturated carbocycles. The van der Waals surface area contributed by atoms with E-state index in [9.17, 15) is 29.9 Å². The number of alkyl carbamates (subject to hydrolysis) is 1. The van der Waals surface area contributed by atoms with E-state index in [-0.39, 0.29) is 12.0 Å². The van der Waals surface area contributed by atoms with Crippen LogP contribution >= 0.6 is 34.8 Å². The van der Waals surface area contributed by atoms with Crippen LogP contribution in [0.1, 0.15) is 5.56 Å². The van der Waals surface area contributed by atoms with Crippen molar-refractivity contribution in [1.82, 2.24) is 5.32 Å². The average molecular weight is 432 g/mol. The molecule has 0 spiro atoms. The Morgan fingerprint density at radius 2 is 1.96 bits per heavy atom. The van der Waals surface area contributed by atoms with Gasteiger partial charge in [-0.1, -0.05) is 34.8 Å². The van der Waals surface area contributed by atoms with Gasteiger partial charge in [0.2, 0.25) is 9.54 Å². The maximum atomic E-state index is 11.8. The molecule has 13 heteroatoms. The zero-order chi connectivity index (χ0) is 20.1. The fraction of sp³-hybridized carbons (Fsp3) is 0.385. The van der Waals surface area contributed by atoms with Crippen molar-refractivity contribution in [2.75, 3.05) is 13.7 Å². The van der Waals surface area contributed by atoms with Crippen molar-refractivity contribution in [2.45, 2.75) is 16.3 Å². The summed E-state index contributed by atoms with van der Waals surface area (Å²) in [6.07, 6.45) is -1.42. The van der Waals surface area contributed by atoms with E-state index >= 15 is 0 Å². The van der Waals surface area contributed by atoms with E-state index in [4.69, 9.17) is 34.8 Å². The third-order valence-electron chi connectivity index (χ3n) is 2.91. The predicted octanol–water partition coefficient (Wildman–Crippen LogP) is 2.19. The van der Waals surface area contributed by atoms with Crippen molar-refractivity contribution < 1.29 is 34.2 Å². The van der Waals surface area contributed by atoms with Gasteiger partial charge in [0.05, 0.1) is 12.0 Å². The summed E-state index contributed by atoms with van der Waals surface area (Å²) in [7, 11) is 1.06.